The zero-order valence-electron chi connectivity index (χ0n) is 15.2. The molecular weight excluding hydrogens is 368 g/mol. The van der Waals surface area contributed by atoms with Crippen molar-refractivity contribution in [2.45, 2.75) is 32.2 Å². The van der Waals surface area contributed by atoms with Crippen LogP contribution in [0.1, 0.15) is 32.3 Å². The lowest BCUT2D eigenvalue weighted by Crippen LogP contribution is -2.33. The largest absolute Gasteiger partial charge is 0.337 e. The van der Waals surface area contributed by atoms with Gasteiger partial charge in [-0.05, 0) is 48.7 Å². The Bertz CT molecular complexity index is 1020. The van der Waals surface area contributed by atoms with Crippen molar-refractivity contribution in [3.8, 4) is 0 Å². The third-order valence-corrected chi connectivity index (χ3v) is 5.88. The summed E-state index contributed by atoms with van der Waals surface area (Å²) in [6, 6.07) is 15.6. The molecule has 0 fully saturated rings. The predicted molar refractivity (Wildman–Crippen MR) is 110 cm³/mol. The molecule has 0 saturated heterocycles. The molecule has 1 aromatic heterocycles. The molecule has 0 aliphatic carbocycles. The quantitative estimate of drug-likeness (QED) is 0.626. The molecule has 4 nitrogen and oxygen atoms in total. The van der Waals surface area contributed by atoms with Crippen LogP contribution >= 0.6 is 11.6 Å². The van der Waals surface area contributed by atoms with E-state index in [1.807, 2.05) is 36.5 Å². The monoisotopic (exact) mass is 390 g/mol. The molecule has 0 aliphatic rings. The third-order valence-electron chi connectivity index (χ3n) is 5.04. The van der Waals surface area contributed by atoms with Gasteiger partial charge in [-0.25, -0.2) is 8.42 Å². The van der Waals surface area contributed by atoms with E-state index in [4.69, 9.17) is 11.6 Å². The first-order valence-corrected chi connectivity index (χ1v) is 10.9. The number of anilines is 1. The Labute approximate surface area is 159 Å². The molecule has 0 atom stereocenters. The van der Waals surface area contributed by atoms with Crippen molar-refractivity contribution in [2.75, 3.05) is 11.0 Å². The topological polar surface area (TPSA) is 51.1 Å². The summed E-state index contributed by atoms with van der Waals surface area (Å²) < 4.78 is 28.2. The molecule has 3 rings (SSSR count). The number of rotatable bonds is 6. The summed E-state index contributed by atoms with van der Waals surface area (Å²) >= 11 is 6.08. The summed E-state index contributed by atoms with van der Waals surface area (Å²) in [5.74, 6) is 0. The maximum atomic E-state index is 11.7. The van der Waals surface area contributed by atoms with Crippen LogP contribution in [0.15, 0.2) is 54.7 Å². The fourth-order valence-electron chi connectivity index (χ4n) is 3.73. The van der Waals surface area contributed by atoms with E-state index in [-0.39, 0.29) is 5.54 Å². The van der Waals surface area contributed by atoms with Crippen LogP contribution in [-0.2, 0) is 15.6 Å². The molecule has 0 aliphatic heterocycles. The minimum atomic E-state index is -3.34. The van der Waals surface area contributed by atoms with Crippen LogP contribution in [0.4, 0.5) is 5.69 Å². The number of aromatic nitrogens is 1. The zero-order chi connectivity index (χ0) is 18.9. The highest BCUT2D eigenvalue weighted by atomic mass is 35.5. The fraction of sp³-hybridized carbons (Fsp3) is 0.300. The smallest absolute Gasteiger partial charge is 0.229 e. The van der Waals surface area contributed by atoms with E-state index < -0.39 is 10.0 Å². The fourth-order valence-corrected chi connectivity index (χ4v) is 4.43. The predicted octanol–water partition coefficient (Wildman–Crippen LogP) is 5.23. The number of nitrogens with one attached hydrogen (secondary N) is 1. The Hall–Kier alpha value is -1.98. The summed E-state index contributed by atoms with van der Waals surface area (Å²) in [4.78, 5) is 0. The summed E-state index contributed by atoms with van der Waals surface area (Å²) in [7, 11) is -3.34. The van der Waals surface area contributed by atoms with Crippen molar-refractivity contribution in [1.29, 1.82) is 0 Å². The minimum absolute atomic E-state index is 0.226. The number of nitrogens with zero attached hydrogens (tertiary/aromatic N) is 1. The molecule has 0 spiro atoms. The summed E-state index contributed by atoms with van der Waals surface area (Å²) in [6.45, 7) is 4.34. The molecule has 1 N–H and O–H groups in total. The van der Waals surface area contributed by atoms with Crippen molar-refractivity contribution in [3.63, 3.8) is 0 Å². The minimum Gasteiger partial charge on any atom is -0.337 e. The van der Waals surface area contributed by atoms with Crippen LogP contribution in [0.3, 0.4) is 0 Å². The first-order chi connectivity index (χ1) is 12.3. The van der Waals surface area contributed by atoms with E-state index in [1.165, 1.54) is 11.8 Å². The maximum Gasteiger partial charge on any atom is 0.229 e. The van der Waals surface area contributed by atoms with Gasteiger partial charge in [-0.1, -0.05) is 43.6 Å². The van der Waals surface area contributed by atoms with Crippen molar-refractivity contribution < 1.29 is 8.42 Å². The van der Waals surface area contributed by atoms with Crippen LogP contribution in [0.2, 0.25) is 5.02 Å². The van der Waals surface area contributed by atoms with Gasteiger partial charge in [0.15, 0.2) is 0 Å². The Morgan fingerprint density at radius 3 is 2.27 bits per heavy atom. The van der Waals surface area contributed by atoms with Gasteiger partial charge in [0.1, 0.15) is 0 Å². The van der Waals surface area contributed by atoms with Gasteiger partial charge in [-0.15, -0.1) is 0 Å². The molecule has 0 saturated carbocycles. The van der Waals surface area contributed by atoms with Crippen LogP contribution in [0, 0.1) is 0 Å². The van der Waals surface area contributed by atoms with E-state index in [0.29, 0.717) is 10.7 Å². The summed E-state index contributed by atoms with van der Waals surface area (Å²) in [5, 5.41) is 1.60. The Morgan fingerprint density at radius 2 is 1.69 bits per heavy atom. The number of sulfonamides is 1. The number of halogens is 1. The number of fused-ring (bicyclic) bond motifs is 1. The molecule has 6 heteroatoms. The molecule has 0 amide bonds. The zero-order valence-corrected chi connectivity index (χ0v) is 16.7. The molecule has 3 aromatic rings. The molecule has 0 bridgehead atoms. The van der Waals surface area contributed by atoms with Crippen LogP contribution < -0.4 is 4.72 Å². The normalized spacial score (nSPS) is 12.5. The van der Waals surface area contributed by atoms with Gasteiger partial charge in [0.25, 0.3) is 0 Å². The van der Waals surface area contributed by atoms with Crippen molar-refractivity contribution in [3.05, 3.63) is 65.3 Å². The molecule has 26 heavy (non-hydrogen) atoms. The van der Waals surface area contributed by atoms with Crippen molar-refractivity contribution in [1.82, 2.24) is 4.57 Å². The van der Waals surface area contributed by atoms with Gasteiger partial charge in [-0.2, -0.15) is 0 Å². The number of benzene rings is 2. The van der Waals surface area contributed by atoms with Gasteiger partial charge < -0.3 is 4.57 Å². The van der Waals surface area contributed by atoms with E-state index in [0.717, 1.165) is 23.7 Å². The van der Waals surface area contributed by atoms with E-state index >= 15 is 0 Å². The highest BCUT2D eigenvalue weighted by Gasteiger charge is 2.31. The Morgan fingerprint density at radius 1 is 1.04 bits per heavy atom. The number of hydrogen-bond acceptors (Lipinski definition) is 2. The molecule has 138 valence electrons. The second kappa shape index (κ2) is 6.97. The Kier molecular flexibility index (Phi) is 5.04. The average Bonchev–Trinajstić information content (AvgIpc) is 3.03. The second-order valence-corrected chi connectivity index (χ2v) is 8.73. The molecule has 0 unspecified atom stereocenters. The van der Waals surface area contributed by atoms with Gasteiger partial charge in [-0.3, -0.25) is 4.72 Å². The molecular formula is C20H23ClN2O2S. The van der Waals surface area contributed by atoms with Crippen molar-refractivity contribution >= 4 is 38.2 Å². The molecule has 0 radical (unpaired) electrons. The lowest BCUT2D eigenvalue weighted by atomic mass is 9.84. The van der Waals surface area contributed by atoms with E-state index in [9.17, 15) is 8.42 Å². The third kappa shape index (κ3) is 3.33. The number of hydrogen-bond donors (Lipinski definition) is 1. The standard InChI is InChI=1S/C20H23ClN2O2S/c1-4-20(5-2,15-9-11-16(21)12-10-15)23-14-13-17-18(22-26(3,24)25)7-6-8-19(17)23/h6-14,22H,4-5H2,1-3H3. The highest BCUT2D eigenvalue weighted by molar-refractivity contribution is 7.92. The average molecular weight is 391 g/mol. The van der Waals surface area contributed by atoms with E-state index in [1.54, 1.807) is 6.07 Å². The van der Waals surface area contributed by atoms with Gasteiger partial charge in [0.05, 0.1) is 23.0 Å². The van der Waals surface area contributed by atoms with E-state index in [2.05, 4.69) is 35.3 Å². The lowest BCUT2D eigenvalue weighted by molar-refractivity contribution is 0.339. The Balaban J connectivity index is 2.22. The van der Waals surface area contributed by atoms with Gasteiger partial charge in [0.2, 0.25) is 10.0 Å². The van der Waals surface area contributed by atoms with Crippen molar-refractivity contribution in [2.24, 2.45) is 0 Å². The van der Waals surface area contributed by atoms with Gasteiger partial charge >= 0.3 is 0 Å². The lowest BCUT2D eigenvalue weighted by Gasteiger charge is -2.35. The SMILES string of the molecule is CCC(CC)(c1ccc(Cl)cc1)n1ccc2c(NS(C)(=O)=O)cccc21. The highest BCUT2D eigenvalue weighted by Crippen LogP contribution is 2.38. The summed E-state index contributed by atoms with van der Waals surface area (Å²) in [5.41, 5.74) is 2.56. The second-order valence-electron chi connectivity index (χ2n) is 6.54. The van der Waals surface area contributed by atoms with Gasteiger partial charge in [0, 0.05) is 16.6 Å². The van der Waals surface area contributed by atoms with Crippen LogP contribution in [0.25, 0.3) is 10.9 Å². The first-order valence-electron chi connectivity index (χ1n) is 8.65. The first kappa shape index (κ1) is 18.8. The van der Waals surface area contributed by atoms with Crippen LogP contribution in [0.5, 0.6) is 0 Å². The van der Waals surface area contributed by atoms with Crippen LogP contribution in [-0.4, -0.2) is 19.2 Å². The summed E-state index contributed by atoms with van der Waals surface area (Å²) in [6.07, 6.45) is 5.01. The molecule has 1 heterocycles. The molecule has 2 aromatic carbocycles. The maximum absolute atomic E-state index is 11.7.